The van der Waals surface area contributed by atoms with E-state index in [-0.39, 0.29) is 11.8 Å². The van der Waals surface area contributed by atoms with Crippen molar-refractivity contribution in [1.29, 1.82) is 0 Å². The van der Waals surface area contributed by atoms with Crippen LogP contribution in [0.2, 0.25) is 0 Å². The minimum Gasteiger partial charge on any atom is -0.306 e. The zero-order chi connectivity index (χ0) is 15.4. The molecule has 114 valence electrons. The first-order chi connectivity index (χ1) is 10.7. The molecule has 6 heteroatoms. The highest BCUT2D eigenvalue weighted by Gasteiger charge is 2.23. The van der Waals surface area contributed by atoms with Gasteiger partial charge >= 0.3 is 0 Å². The Labute approximate surface area is 129 Å². The van der Waals surface area contributed by atoms with E-state index in [1.807, 2.05) is 18.2 Å². The minimum atomic E-state index is 0.0127. The van der Waals surface area contributed by atoms with Crippen molar-refractivity contribution in [1.82, 2.24) is 19.9 Å². The average Bonchev–Trinajstić information content (AvgIpc) is 2.57. The summed E-state index contributed by atoms with van der Waals surface area (Å²) in [5.41, 5.74) is 1.65. The summed E-state index contributed by atoms with van der Waals surface area (Å²) in [4.78, 5) is 27.1. The van der Waals surface area contributed by atoms with Gasteiger partial charge in [0.15, 0.2) is 0 Å². The van der Waals surface area contributed by atoms with Crippen LogP contribution in [0.4, 0.5) is 5.95 Å². The maximum atomic E-state index is 12.2. The molecule has 0 aromatic carbocycles. The van der Waals surface area contributed by atoms with E-state index in [0.29, 0.717) is 5.95 Å². The second-order valence-electron chi connectivity index (χ2n) is 5.58. The van der Waals surface area contributed by atoms with Crippen molar-refractivity contribution in [2.24, 2.45) is 5.92 Å². The standard InChI is InChI=1S/C16H19N5O/c1-21-8-5-12(6-9-21)15(22)20-16-18-10-13(11-19-16)14-4-2-3-7-17-14/h2-4,7,10-12H,5-6,8-9H2,1H3,(H,18,19,20,22). The molecule has 1 aliphatic heterocycles. The Hall–Kier alpha value is -2.34. The molecule has 3 heterocycles. The van der Waals surface area contributed by atoms with Gasteiger partial charge in [0.1, 0.15) is 0 Å². The summed E-state index contributed by atoms with van der Waals surface area (Å²) < 4.78 is 0. The molecule has 3 rings (SSSR count). The van der Waals surface area contributed by atoms with Crippen molar-refractivity contribution in [2.75, 3.05) is 25.5 Å². The third-order valence-electron chi connectivity index (χ3n) is 3.94. The number of piperidine rings is 1. The van der Waals surface area contributed by atoms with Crippen LogP contribution < -0.4 is 5.32 Å². The van der Waals surface area contributed by atoms with E-state index in [9.17, 15) is 4.79 Å². The smallest absolute Gasteiger partial charge is 0.229 e. The Morgan fingerprint density at radius 1 is 1.18 bits per heavy atom. The molecule has 1 N–H and O–H groups in total. The van der Waals surface area contributed by atoms with Gasteiger partial charge in [0, 0.05) is 30.1 Å². The van der Waals surface area contributed by atoms with E-state index in [4.69, 9.17) is 0 Å². The summed E-state index contributed by atoms with van der Waals surface area (Å²) in [6.07, 6.45) is 6.85. The van der Waals surface area contributed by atoms with E-state index in [1.165, 1.54) is 0 Å². The van der Waals surface area contributed by atoms with Crippen LogP contribution in [0.5, 0.6) is 0 Å². The predicted octanol–water partition coefficient (Wildman–Crippen LogP) is 1.82. The molecule has 0 bridgehead atoms. The number of hydrogen-bond donors (Lipinski definition) is 1. The van der Waals surface area contributed by atoms with Crippen molar-refractivity contribution in [3.05, 3.63) is 36.8 Å². The SMILES string of the molecule is CN1CCC(C(=O)Nc2ncc(-c3ccccn3)cn2)CC1. The number of carbonyl (C=O) groups is 1. The van der Waals surface area contributed by atoms with Gasteiger partial charge in [-0.3, -0.25) is 15.1 Å². The van der Waals surface area contributed by atoms with Gasteiger partial charge < -0.3 is 4.90 Å². The maximum absolute atomic E-state index is 12.2. The van der Waals surface area contributed by atoms with Gasteiger partial charge in [0.25, 0.3) is 0 Å². The number of nitrogens with one attached hydrogen (secondary N) is 1. The van der Waals surface area contributed by atoms with Gasteiger partial charge in [-0.2, -0.15) is 0 Å². The molecular formula is C16H19N5O. The third kappa shape index (κ3) is 3.46. The van der Waals surface area contributed by atoms with Crippen LogP contribution >= 0.6 is 0 Å². The van der Waals surface area contributed by atoms with Crippen LogP contribution in [0, 0.1) is 5.92 Å². The fraction of sp³-hybridized carbons (Fsp3) is 0.375. The van der Waals surface area contributed by atoms with Gasteiger partial charge in [-0.1, -0.05) is 6.07 Å². The number of rotatable bonds is 3. The normalized spacial score (nSPS) is 16.4. The first kappa shape index (κ1) is 14.6. The van der Waals surface area contributed by atoms with Gasteiger partial charge in [-0.15, -0.1) is 0 Å². The van der Waals surface area contributed by atoms with Crippen LogP contribution in [0.3, 0.4) is 0 Å². The number of aromatic nitrogens is 3. The lowest BCUT2D eigenvalue weighted by Gasteiger charge is -2.27. The molecule has 0 radical (unpaired) electrons. The monoisotopic (exact) mass is 297 g/mol. The molecule has 0 aliphatic carbocycles. The summed E-state index contributed by atoms with van der Waals surface area (Å²) in [5, 5.41) is 2.81. The summed E-state index contributed by atoms with van der Waals surface area (Å²) in [5.74, 6) is 0.414. The number of nitrogens with zero attached hydrogens (tertiary/aromatic N) is 4. The van der Waals surface area contributed by atoms with Crippen molar-refractivity contribution < 1.29 is 4.79 Å². The van der Waals surface area contributed by atoms with E-state index in [1.54, 1.807) is 18.6 Å². The van der Waals surface area contributed by atoms with Gasteiger partial charge in [-0.05, 0) is 45.1 Å². The zero-order valence-corrected chi connectivity index (χ0v) is 12.6. The van der Waals surface area contributed by atoms with Crippen LogP contribution in [-0.2, 0) is 4.79 Å². The largest absolute Gasteiger partial charge is 0.306 e. The molecular weight excluding hydrogens is 278 g/mol. The highest BCUT2D eigenvalue weighted by Crippen LogP contribution is 2.18. The second-order valence-corrected chi connectivity index (χ2v) is 5.58. The number of anilines is 1. The molecule has 0 spiro atoms. The van der Waals surface area contributed by atoms with Crippen LogP contribution in [0.1, 0.15) is 12.8 Å². The molecule has 2 aromatic heterocycles. The summed E-state index contributed by atoms with van der Waals surface area (Å²) in [6, 6.07) is 5.67. The highest BCUT2D eigenvalue weighted by molar-refractivity contribution is 5.91. The predicted molar refractivity (Wildman–Crippen MR) is 84.1 cm³/mol. The van der Waals surface area contributed by atoms with E-state index < -0.39 is 0 Å². The van der Waals surface area contributed by atoms with Crippen molar-refractivity contribution in [2.45, 2.75) is 12.8 Å². The fourth-order valence-electron chi connectivity index (χ4n) is 2.54. The molecule has 2 aromatic rings. The van der Waals surface area contributed by atoms with E-state index >= 15 is 0 Å². The number of amides is 1. The van der Waals surface area contributed by atoms with Crippen LogP contribution in [0.15, 0.2) is 36.8 Å². The highest BCUT2D eigenvalue weighted by atomic mass is 16.2. The Kier molecular flexibility index (Phi) is 4.39. The lowest BCUT2D eigenvalue weighted by atomic mass is 9.96. The van der Waals surface area contributed by atoms with E-state index in [2.05, 4.69) is 32.2 Å². The Morgan fingerprint density at radius 3 is 2.55 bits per heavy atom. The first-order valence-corrected chi connectivity index (χ1v) is 7.45. The molecule has 0 saturated carbocycles. The molecule has 22 heavy (non-hydrogen) atoms. The molecule has 6 nitrogen and oxygen atoms in total. The van der Waals surface area contributed by atoms with Gasteiger partial charge in [0.05, 0.1) is 5.69 Å². The van der Waals surface area contributed by atoms with Crippen molar-refractivity contribution in [3.63, 3.8) is 0 Å². The van der Waals surface area contributed by atoms with Gasteiger partial charge in [0.2, 0.25) is 11.9 Å². The van der Waals surface area contributed by atoms with Crippen molar-refractivity contribution in [3.8, 4) is 11.3 Å². The molecule has 0 unspecified atom stereocenters. The Morgan fingerprint density at radius 2 is 1.91 bits per heavy atom. The molecule has 1 saturated heterocycles. The lowest BCUT2D eigenvalue weighted by Crippen LogP contribution is -2.36. The van der Waals surface area contributed by atoms with Crippen LogP contribution in [-0.4, -0.2) is 45.9 Å². The quantitative estimate of drug-likeness (QED) is 0.935. The van der Waals surface area contributed by atoms with Gasteiger partial charge in [-0.25, -0.2) is 9.97 Å². The van der Waals surface area contributed by atoms with Crippen LogP contribution in [0.25, 0.3) is 11.3 Å². The van der Waals surface area contributed by atoms with Crippen molar-refractivity contribution >= 4 is 11.9 Å². The average molecular weight is 297 g/mol. The summed E-state index contributed by atoms with van der Waals surface area (Å²) in [6.45, 7) is 1.91. The number of hydrogen-bond acceptors (Lipinski definition) is 5. The molecule has 0 atom stereocenters. The summed E-state index contributed by atoms with van der Waals surface area (Å²) >= 11 is 0. The number of pyridine rings is 1. The topological polar surface area (TPSA) is 71.0 Å². The maximum Gasteiger partial charge on any atom is 0.229 e. The Bertz CT molecular complexity index is 621. The van der Waals surface area contributed by atoms with E-state index in [0.717, 1.165) is 37.2 Å². The minimum absolute atomic E-state index is 0.0127. The zero-order valence-electron chi connectivity index (χ0n) is 12.6. The summed E-state index contributed by atoms with van der Waals surface area (Å²) in [7, 11) is 2.08. The first-order valence-electron chi connectivity index (χ1n) is 7.45. The molecule has 1 aliphatic rings. The molecule has 1 amide bonds. The number of likely N-dealkylation sites (tertiary alicyclic amines) is 1. The second kappa shape index (κ2) is 6.62. The number of carbonyl (C=O) groups excluding carboxylic acids is 1. The lowest BCUT2D eigenvalue weighted by molar-refractivity contribution is -0.121. The Balaban J connectivity index is 1.62. The molecule has 1 fully saturated rings. The fourth-order valence-corrected chi connectivity index (χ4v) is 2.54. The third-order valence-corrected chi connectivity index (χ3v) is 3.94.